The van der Waals surface area contributed by atoms with Crippen molar-refractivity contribution in [1.29, 1.82) is 0 Å². The van der Waals surface area contributed by atoms with Crippen molar-refractivity contribution in [2.75, 3.05) is 20.8 Å². The number of methoxy groups -OCH3 is 2. The quantitative estimate of drug-likeness (QED) is 0.832. The number of ether oxygens (including phenoxy) is 2. The van der Waals surface area contributed by atoms with Gasteiger partial charge >= 0.3 is 0 Å². The lowest BCUT2D eigenvalue weighted by molar-refractivity contribution is -0.136. The molecule has 0 unspecified atom stereocenters. The van der Waals surface area contributed by atoms with Gasteiger partial charge in [-0.1, -0.05) is 37.3 Å². The molecule has 0 bridgehead atoms. The monoisotopic (exact) mass is 339 g/mol. The summed E-state index contributed by atoms with van der Waals surface area (Å²) < 4.78 is 10.7. The Kier molecular flexibility index (Phi) is 4.98. The highest BCUT2D eigenvalue weighted by molar-refractivity contribution is 5.77. The molecule has 3 rings (SSSR count). The average Bonchev–Trinajstić information content (AvgIpc) is 2.66. The minimum atomic E-state index is -0.0190. The van der Waals surface area contributed by atoms with E-state index < -0.39 is 0 Å². The van der Waals surface area contributed by atoms with E-state index in [0.29, 0.717) is 19.5 Å². The summed E-state index contributed by atoms with van der Waals surface area (Å²) in [6.07, 6.45) is 1.45. The number of hydrogen-bond donors (Lipinski definition) is 0. The molecule has 25 heavy (non-hydrogen) atoms. The molecule has 0 aliphatic carbocycles. The predicted octanol–water partition coefficient (Wildman–Crippen LogP) is 3.78. The van der Waals surface area contributed by atoms with Gasteiger partial charge in [-0.15, -0.1) is 0 Å². The average molecular weight is 339 g/mol. The van der Waals surface area contributed by atoms with E-state index in [1.807, 2.05) is 29.2 Å². The van der Waals surface area contributed by atoms with Gasteiger partial charge in [0.1, 0.15) is 11.5 Å². The summed E-state index contributed by atoms with van der Waals surface area (Å²) in [5, 5.41) is 0. The van der Waals surface area contributed by atoms with Gasteiger partial charge in [0.25, 0.3) is 0 Å². The fourth-order valence-corrected chi connectivity index (χ4v) is 3.54. The molecule has 1 fully saturated rings. The lowest BCUT2D eigenvalue weighted by Gasteiger charge is -2.41. The zero-order valence-corrected chi connectivity index (χ0v) is 15.1. The molecule has 0 saturated carbocycles. The van der Waals surface area contributed by atoms with Crippen molar-refractivity contribution in [2.45, 2.75) is 31.7 Å². The Morgan fingerprint density at radius 1 is 1.08 bits per heavy atom. The Morgan fingerprint density at radius 3 is 2.52 bits per heavy atom. The van der Waals surface area contributed by atoms with Gasteiger partial charge in [0.15, 0.2) is 0 Å². The Hall–Kier alpha value is -2.49. The molecule has 0 spiro atoms. The molecular weight excluding hydrogens is 314 g/mol. The van der Waals surface area contributed by atoms with Gasteiger partial charge in [-0.25, -0.2) is 0 Å². The number of amides is 1. The van der Waals surface area contributed by atoms with Crippen molar-refractivity contribution >= 4 is 5.91 Å². The van der Waals surface area contributed by atoms with Crippen molar-refractivity contribution in [1.82, 2.24) is 4.90 Å². The molecule has 2 aromatic carbocycles. The summed E-state index contributed by atoms with van der Waals surface area (Å²) in [5.41, 5.74) is 2.26. The number of rotatable bonds is 5. The highest BCUT2D eigenvalue weighted by atomic mass is 16.5. The van der Waals surface area contributed by atoms with E-state index in [-0.39, 0.29) is 11.3 Å². The van der Waals surface area contributed by atoms with E-state index in [4.69, 9.17) is 9.47 Å². The third kappa shape index (κ3) is 3.63. The summed E-state index contributed by atoms with van der Waals surface area (Å²) in [6, 6.07) is 16.2. The highest BCUT2D eigenvalue weighted by Crippen LogP contribution is 2.35. The van der Waals surface area contributed by atoms with Crippen LogP contribution in [0.5, 0.6) is 11.5 Å². The van der Waals surface area contributed by atoms with Crippen LogP contribution in [0.15, 0.2) is 48.5 Å². The molecule has 4 heteroatoms. The molecule has 4 nitrogen and oxygen atoms in total. The fraction of sp³-hybridized carbons (Fsp3) is 0.381. The van der Waals surface area contributed by atoms with E-state index in [1.54, 1.807) is 14.2 Å². The molecular formula is C21H25NO3. The standard InChI is InChI=1S/C21H25NO3/c1-21(17-7-5-4-6-8-17)12-11-20(23)22(15-21)14-16-9-10-18(24-2)13-19(16)25-3/h4-10,13H,11-12,14-15H2,1-3H3/t21-/m0/s1. The summed E-state index contributed by atoms with van der Waals surface area (Å²) in [6.45, 7) is 3.51. The molecule has 1 aliphatic rings. The minimum absolute atomic E-state index is 0.0190. The summed E-state index contributed by atoms with van der Waals surface area (Å²) in [5.74, 6) is 1.70. The highest BCUT2D eigenvalue weighted by Gasteiger charge is 2.36. The van der Waals surface area contributed by atoms with Gasteiger partial charge in [-0.3, -0.25) is 4.79 Å². The number of piperidine rings is 1. The SMILES string of the molecule is COc1ccc(CN2C[C@@](C)(c3ccccc3)CCC2=O)c(OC)c1. The first-order valence-corrected chi connectivity index (χ1v) is 8.60. The number of carbonyl (C=O) groups excluding carboxylic acids is 1. The first-order valence-electron chi connectivity index (χ1n) is 8.60. The number of benzene rings is 2. The second kappa shape index (κ2) is 7.18. The second-order valence-corrected chi connectivity index (χ2v) is 6.85. The number of hydrogen-bond acceptors (Lipinski definition) is 3. The minimum Gasteiger partial charge on any atom is -0.497 e. The van der Waals surface area contributed by atoms with Crippen molar-refractivity contribution in [3.8, 4) is 11.5 Å². The van der Waals surface area contributed by atoms with Gasteiger partial charge in [0, 0.05) is 36.6 Å². The van der Waals surface area contributed by atoms with Gasteiger partial charge in [0.05, 0.1) is 14.2 Å². The molecule has 0 radical (unpaired) electrons. The molecule has 2 aromatic rings. The fourth-order valence-electron chi connectivity index (χ4n) is 3.54. The van der Waals surface area contributed by atoms with Crippen molar-refractivity contribution in [3.05, 3.63) is 59.7 Å². The number of likely N-dealkylation sites (tertiary alicyclic amines) is 1. The van der Waals surface area contributed by atoms with Crippen molar-refractivity contribution in [3.63, 3.8) is 0 Å². The maximum atomic E-state index is 12.5. The predicted molar refractivity (Wildman–Crippen MR) is 98.0 cm³/mol. The van der Waals surface area contributed by atoms with Gasteiger partial charge in [0.2, 0.25) is 5.91 Å². The largest absolute Gasteiger partial charge is 0.497 e. The maximum Gasteiger partial charge on any atom is 0.222 e. The third-order valence-corrected chi connectivity index (χ3v) is 5.11. The van der Waals surface area contributed by atoms with Crippen LogP contribution in [0.1, 0.15) is 30.9 Å². The normalized spacial score (nSPS) is 20.4. The Labute approximate surface area is 149 Å². The van der Waals surface area contributed by atoms with Crippen LogP contribution in [0.3, 0.4) is 0 Å². The molecule has 0 N–H and O–H groups in total. The topological polar surface area (TPSA) is 38.8 Å². The molecule has 0 aromatic heterocycles. The number of carbonyl (C=O) groups is 1. The maximum absolute atomic E-state index is 12.5. The smallest absolute Gasteiger partial charge is 0.222 e. The van der Waals surface area contributed by atoms with Crippen LogP contribution in [0, 0.1) is 0 Å². The van der Waals surface area contributed by atoms with E-state index in [0.717, 1.165) is 23.5 Å². The first-order chi connectivity index (χ1) is 12.1. The van der Waals surface area contributed by atoms with Crippen molar-refractivity contribution < 1.29 is 14.3 Å². The Morgan fingerprint density at radius 2 is 1.84 bits per heavy atom. The van der Waals surface area contributed by atoms with Crippen molar-refractivity contribution in [2.24, 2.45) is 0 Å². The third-order valence-electron chi connectivity index (χ3n) is 5.11. The van der Waals surface area contributed by atoms with E-state index >= 15 is 0 Å². The van der Waals surface area contributed by atoms with E-state index in [9.17, 15) is 4.79 Å². The Bertz CT molecular complexity index is 744. The van der Waals surface area contributed by atoms with Crippen LogP contribution in [-0.4, -0.2) is 31.6 Å². The van der Waals surface area contributed by atoms with Crippen LogP contribution in [0.25, 0.3) is 0 Å². The zero-order chi connectivity index (χ0) is 17.9. The Balaban J connectivity index is 1.83. The molecule has 132 valence electrons. The van der Waals surface area contributed by atoms with Crippen LogP contribution in [0.4, 0.5) is 0 Å². The van der Waals surface area contributed by atoms with Gasteiger partial charge in [-0.2, -0.15) is 0 Å². The van der Waals surface area contributed by atoms with Crippen LogP contribution in [0.2, 0.25) is 0 Å². The first kappa shape index (κ1) is 17.3. The van der Waals surface area contributed by atoms with E-state index in [1.165, 1.54) is 5.56 Å². The van der Waals surface area contributed by atoms with Gasteiger partial charge in [-0.05, 0) is 24.1 Å². The molecule has 1 heterocycles. The molecule has 1 aliphatic heterocycles. The lowest BCUT2D eigenvalue weighted by atomic mass is 9.75. The van der Waals surface area contributed by atoms with Crippen LogP contribution in [-0.2, 0) is 16.8 Å². The van der Waals surface area contributed by atoms with Crippen LogP contribution >= 0.6 is 0 Å². The number of nitrogens with zero attached hydrogens (tertiary/aromatic N) is 1. The van der Waals surface area contributed by atoms with E-state index in [2.05, 4.69) is 31.2 Å². The summed E-state index contributed by atoms with van der Waals surface area (Å²) >= 11 is 0. The summed E-state index contributed by atoms with van der Waals surface area (Å²) in [7, 11) is 3.28. The molecule has 1 saturated heterocycles. The lowest BCUT2D eigenvalue weighted by Crippen LogP contribution is -2.47. The molecule has 1 atom stereocenters. The van der Waals surface area contributed by atoms with Crippen LogP contribution < -0.4 is 9.47 Å². The zero-order valence-electron chi connectivity index (χ0n) is 15.1. The van der Waals surface area contributed by atoms with Gasteiger partial charge < -0.3 is 14.4 Å². The molecule has 1 amide bonds. The summed E-state index contributed by atoms with van der Waals surface area (Å²) in [4.78, 5) is 14.4. The second-order valence-electron chi connectivity index (χ2n) is 6.85.